The molecule has 13 heavy (non-hydrogen) atoms. The minimum Gasteiger partial charge on any atom is -0.506 e. The van der Waals surface area contributed by atoms with Crippen LogP contribution in [0.4, 0.5) is 0 Å². The number of hydrogen-bond donors (Lipinski definition) is 1. The first-order valence-electron chi connectivity index (χ1n) is 4.08. The molecule has 0 aliphatic rings. The van der Waals surface area contributed by atoms with Gasteiger partial charge in [0, 0.05) is 6.42 Å². The lowest BCUT2D eigenvalue weighted by atomic mass is 10.4. The summed E-state index contributed by atoms with van der Waals surface area (Å²) in [5.74, 6) is 1.20. The number of hydrogen-bond acceptors (Lipinski definition) is 2. The van der Waals surface area contributed by atoms with Crippen molar-refractivity contribution in [2.24, 2.45) is 0 Å². The number of nitrogens with zero attached hydrogens (tertiary/aromatic N) is 2. The first-order valence-corrected chi connectivity index (χ1v) is 4.87. The van der Waals surface area contributed by atoms with Crippen molar-refractivity contribution in [2.45, 2.75) is 13.3 Å². The average Bonchev–Trinajstić information content (AvgIpc) is 2.42. The van der Waals surface area contributed by atoms with E-state index in [2.05, 4.69) is 20.9 Å². The molecule has 0 unspecified atom stereocenters. The Balaban J connectivity index is 2.81. The second kappa shape index (κ2) is 3.03. The third-order valence-corrected chi connectivity index (χ3v) is 2.55. The molecule has 1 N–H and O–H groups in total. The van der Waals surface area contributed by atoms with Gasteiger partial charge in [0.25, 0.3) is 0 Å². The van der Waals surface area contributed by atoms with Crippen LogP contribution in [-0.4, -0.2) is 14.5 Å². The molecule has 4 heteroatoms. The lowest BCUT2D eigenvalue weighted by Crippen LogP contribution is -1.90. The Morgan fingerprint density at radius 1 is 1.54 bits per heavy atom. The van der Waals surface area contributed by atoms with Gasteiger partial charge in [-0.15, -0.1) is 0 Å². The molecule has 68 valence electrons. The van der Waals surface area contributed by atoms with Crippen molar-refractivity contribution in [2.75, 3.05) is 0 Å². The van der Waals surface area contributed by atoms with Crippen LogP contribution in [0.3, 0.4) is 0 Å². The van der Waals surface area contributed by atoms with E-state index in [-0.39, 0.29) is 5.75 Å². The van der Waals surface area contributed by atoms with Gasteiger partial charge in [-0.1, -0.05) is 6.92 Å². The number of halogens is 1. The van der Waals surface area contributed by atoms with Gasteiger partial charge in [-0.2, -0.15) is 0 Å². The molecule has 0 saturated carbocycles. The van der Waals surface area contributed by atoms with Gasteiger partial charge in [0.15, 0.2) is 0 Å². The maximum absolute atomic E-state index is 9.30. The molecular formula is C9H9BrN2O. The largest absolute Gasteiger partial charge is 0.506 e. The van der Waals surface area contributed by atoms with Gasteiger partial charge in [0.05, 0.1) is 11.7 Å². The van der Waals surface area contributed by atoms with E-state index in [1.54, 1.807) is 12.3 Å². The van der Waals surface area contributed by atoms with Crippen LogP contribution in [0.1, 0.15) is 12.7 Å². The highest BCUT2D eigenvalue weighted by molar-refractivity contribution is 9.10. The van der Waals surface area contributed by atoms with E-state index in [0.717, 1.165) is 22.4 Å². The van der Waals surface area contributed by atoms with E-state index in [0.29, 0.717) is 0 Å². The smallest absolute Gasteiger partial charge is 0.132 e. The van der Waals surface area contributed by atoms with Crippen LogP contribution < -0.4 is 0 Å². The monoisotopic (exact) mass is 240 g/mol. The molecule has 0 saturated heterocycles. The van der Waals surface area contributed by atoms with Crippen LogP contribution in [0.5, 0.6) is 5.75 Å². The first kappa shape index (κ1) is 8.56. The maximum atomic E-state index is 9.30. The van der Waals surface area contributed by atoms with Crippen molar-refractivity contribution in [1.29, 1.82) is 0 Å². The fraction of sp³-hybridized carbons (Fsp3) is 0.222. The van der Waals surface area contributed by atoms with Crippen LogP contribution in [0.25, 0.3) is 5.52 Å². The van der Waals surface area contributed by atoms with Gasteiger partial charge >= 0.3 is 0 Å². The van der Waals surface area contributed by atoms with Crippen LogP contribution in [-0.2, 0) is 6.42 Å². The molecule has 0 fully saturated rings. The number of fused-ring (bicyclic) bond motifs is 1. The predicted octanol–water partition coefficient (Wildman–Crippen LogP) is 2.36. The van der Waals surface area contributed by atoms with Crippen molar-refractivity contribution in [3.05, 3.63) is 28.8 Å². The molecule has 2 heterocycles. The molecule has 2 aromatic rings. The molecule has 0 spiro atoms. The highest BCUT2D eigenvalue weighted by atomic mass is 79.9. The highest BCUT2D eigenvalue weighted by Crippen LogP contribution is 2.21. The second-order valence-electron chi connectivity index (χ2n) is 2.81. The molecule has 2 rings (SSSR count). The Hall–Kier alpha value is -1.03. The minimum absolute atomic E-state index is 0.257. The number of rotatable bonds is 1. The SMILES string of the molecule is CCc1nc(Br)c2ccc(O)cn12. The molecule has 2 aromatic heterocycles. The summed E-state index contributed by atoms with van der Waals surface area (Å²) >= 11 is 3.37. The summed E-state index contributed by atoms with van der Waals surface area (Å²) in [6.07, 6.45) is 2.52. The van der Waals surface area contributed by atoms with Crippen LogP contribution >= 0.6 is 15.9 Å². The number of imidazole rings is 1. The summed E-state index contributed by atoms with van der Waals surface area (Å²) in [6.45, 7) is 2.03. The van der Waals surface area contributed by atoms with Crippen molar-refractivity contribution in [3.63, 3.8) is 0 Å². The normalized spacial score (nSPS) is 10.9. The Kier molecular flexibility index (Phi) is 2.00. The van der Waals surface area contributed by atoms with Gasteiger partial charge in [-0.25, -0.2) is 4.98 Å². The van der Waals surface area contributed by atoms with Crippen LogP contribution in [0, 0.1) is 0 Å². The topological polar surface area (TPSA) is 37.5 Å². The van der Waals surface area contributed by atoms with E-state index in [4.69, 9.17) is 0 Å². The molecule has 0 aliphatic carbocycles. The summed E-state index contributed by atoms with van der Waals surface area (Å²) < 4.78 is 2.71. The summed E-state index contributed by atoms with van der Waals surface area (Å²) in [5, 5.41) is 9.30. The average molecular weight is 241 g/mol. The minimum atomic E-state index is 0.257. The standard InChI is InChI=1S/C9H9BrN2O/c1-2-8-11-9(10)7-4-3-6(13)5-12(7)8/h3-5,13H,2H2,1H3. The zero-order valence-corrected chi connectivity index (χ0v) is 8.74. The van der Waals surface area contributed by atoms with E-state index in [1.807, 2.05) is 17.4 Å². The summed E-state index contributed by atoms with van der Waals surface area (Å²) in [6, 6.07) is 3.49. The van der Waals surface area contributed by atoms with E-state index < -0.39 is 0 Å². The molecule has 3 nitrogen and oxygen atoms in total. The van der Waals surface area contributed by atoms with Gasteiger partial charge in [0.2, 0.25) is 0 Å². The molecule has 0 aliphatic heterocycles. The lowest BCUT2D eigenvalue weighted by molar-refractivity contribution is 0.471. The highest BCUT2D eigenvalue weighted by Gasteiger charge is 2.06. The fourth-order valence-electron chi connectivity index (χ4n) is 1.35. The molecular weight excluding hydrogens is 232 g/mol. The predicted molar refractivity (Wildman–Crippen MR) is 53.9 cm³/mol. The van der Waals surface area contributed by atoms with E-state index in [9.17, 15) is 5.11 Å². The second-order valence-corrected chi connectivity index (χ2v) is 3.57. The zero-order valence-electron chi connectivity index (χ0n) is 7.16. The first-order chi connectivity index (χ1) is 6.22. The molecule has 0 aromatic carbocycles. The molecule has 0 amide bonds. The van der Waals surface area contributed by atoms with Crippen molar-refractivity contribution in [1.82, 2.24) is 9.38 Å². The molecule has 0 atom stereocenters. The van der Waals surface area contributed by atoms with Crippen molar-refractivity contribution < 1.29 is 5.11 Å². The van der Waals surface area contributed by atoms with Crippen molar-refractivity contribution >= 4 is 21.4 Å². The Labute approximate surface area is 84.2 Å². The van der Waals surface area contributed by atoms with Gasteiger partial charge in [0.1, 0.15) is 16.2 Å². The zero-order chi connectivity index (χ0) is 9.42. The number of pyridine rings is 1. The number of aromatic nitrogens is 2. The lowest BCUT2D eigenvalue weighted by Gasteiger charge is -1.98. The molecule has 0 bridgehead atoms. The van der Waals surface area contributed by atoms with Crippen molar-refractivity contribution in [3.8, 4) is 5.75 Å². The number of aromatic hydroxyl groups is 1. The molecule has 0 radical (unpaired) electrons. The van der Waals surface area contributed by atoms with E-state index >= 15 is 0 Å². The summed E-state index contributed by atoms with van der Waals surface area (Å²) in [4.78, 5) is 4.32. The van der Waals surface area contributed by atoms with Crippen LogP contribution in [0.2, 0.25) is 0 Å². The Bertz CT molecular complexity index is 450. The third-order valence-electron chi connectivity index (χ3n) is 1.97. The quantitative estimate of drug-likeness (QED) is 0.832. The van der Waals surface area contributed by atoms with E-state index in [1.165, 1.54) is 0 Å². The summed E-state index contributed by atoms with van der Waals surface area (Å²) in [7, 11) is 0. The van der Waals surface area contributed by atoms with Gasteiger partial charge in [-0.3, -0.25) is 4.40 Å². The van der Waals surface area contributed by atoms with Gasteiger partial charge < -0.3 is 5.11 Å². The third kappa shape index (κ3) is 1.31. The number of aryl methyl sites for hydroxylation is 1. The van der Waals surface area contributed by atoms with Gasteiger partial charge in [-0.05, 0) is 28.1 Å². The Morgan fingerprint density at radius 3 is 3.00 bits per heavy atom. The summed E-state index contributed by atoms with van der Waals surface area (Å²) in [5.41, 5.74) is 0.981. The Morgan fingerprint density at radius 2 is 2.31 bits per heavy atom. The maximum Gasteiger partial charge on any atom is 0.132 e. The fourth-order valence-corrected chi connectivity index (χ4v) is 1.87. The van der Waals surface area contributed by atoms with Crippen LogP contribution in [0.15, 0.2) is 22.9 Å².